The van der Waals surface area contributed by atoms with Gasteiger partial charge in [0, 0.05) is 22.9 Å². The van der Waals surface area contributed by atoms with E-state index in [2.05, 4.69) is 16.2 Å². The zero-order valence-corrected chi connectivity index (χ0v) is 11.8. The van der Waals surface area contributed by atoms with E-state index in [1.165, 1.54) is 0 Å². The third-order valence-electron chi connectivity index (χ3n) is 2.80. The Morgan fingerprint density at radius 1 is 1.37 bits per heavy atom. The number of nitrogens with zero attached hydrogens (tertiary/aromatic N) is 2. The molecule has 1 aliphatic heterocycles. The molecule has 0 amide bonds. The van der Waals surface area contributed by atoms with Gasteiger partial charge in [-0.25, -0.2) is 0 Å². The second kappa shape index (κ2) is 5.84. The molecule has 1 unspecified atom stereocenters. The molecular formula is C13H13ClN2O2S. The molecule has 1 aliphatic rings. The minimum atomic E-state index is -0.145. The van der Waals surface area contributed by atoms with Crippen LogP contribution in [0.1, 0.15) is 24.2 Å². The molecule has 6 heteroatoms. The second-order valence-electron chi connectivity index (χ2n) is 4.20. The fourth-order valence-corrected chi connectivity index (χ4v) is 2.98. The molecule has 4 nitrogen and oxygen atoms in total. The summed E-state index contributed by atoms with van der Waals surface area (Å²) in [5.41, 5.74) is 0. The van der Waals surface area contributed by atoms with Gasteiger partial charge in [0.15, 0.2) is 6.10 Å². The van der Waals surface area contributed by atoms with E-state index in [1.807, 2.05) is 18.2 Å². The van der Waals surface area contributed by atoms with Crippen LogP contribution in [-0.2, 0) is 6.42 Å². The predicted molar refractivity (Wildman–Crippen MR) is 73.9 cm³/mol. The highest BCUT2D eigenvalue weighted by atomic mass is 35.5. The maximum Gasteiger partial charge on any atom is 0.226 e. The molecule has 1 atom stereocenters. The molecule has 0 spiro atoms. The van der Waals surface area contributed by atoms with Gasteiger partial charge < -0.3 is 9.26 Å². The summed E-state index contributed by atoms with van der Waals surface area (Å²) in [4.78, 5) is 5.53. The van der Waals surface area contributed by atoms with Gasteiger partial charge in [-0.3, -0.25) is 0 Å². The lowest BCUT2D eigenvalue weighted by atomic mass is 10.3. The molecule has 1 aromatic heterocycles. The Kier molecular flexibility index (Phi) is 3.94. The number of aryl methyl sites for hydroxylation is 1. The molecule has 3 rings (SSSR count). The van der Waals surface area contributed by atoms with Crippen LogP contribution in [0.5, 0.6) is 5.75 Å². The van der Waals surface area contributed by atoms with Crippen LogP contribution in [0.15, 0.2) is 33.7 Å². The van der Waals surface area contributed by atoms with Crippen LogP contribution in [0.25, 0.3) is 0 Å². The molecule has 19 heavy (non-hydrogen) atoms. The summed E-state index contributed by atoms with van der Waals surface area (Å²) in [6.07, 6.45) is 1.41. The van der Waals surface area contributed by atoms with Crippen LogP contribution < -0.4 is 4.74 Å². The standard InChI is InChI=1S/C13H13ClN2O2S/c14-7-3-6-12-15-13(16-18-12)10-8-19-11-5-2-1-4-9(11)17-10/h1-2,4-5,10H,3,6-8H2. The number of hydrogen-bond donors (Lipinski definition) is 0. The third-order valence-corrected chi connectivity index (χ3v) is 4.19. The van der Waals surface area contributed by atoms with E-state index in [9.17, 15) is 0 Å². The molecule has 0 saturated carbocycles. The van der Waals surface area contributed by atoms with Crippen LogP contribution in [0.4, 0.5) is 0 Å². The van der Waals surface area contributed by atoms with Crippen LogP contribution in [-0.4, -0.2) is 21.8 Å². The van der Waals surface area contributed by atoms with Crippen LogP contribution in [0, 0.1) is 0 Å². The summed E-state index contributed by atoms with van der Waals surface area (Å²) in [5.74, 6) is 3.53. The van der Waals surface area contributed by atoms with Crippen molar-refractivity contribution in [2.75, 3.05) is 11.6 Å². The van der Waals surface area contributed by atoms with Crippen LogP contribution >= 0.6 is 23.4 Å². The molecule has 0 bridgehead atoms. The number of hydrogen-bond acceptors (Lipinski definition) is 5. The maximum atomic E-state index is 5.90. The highest BCUT2D eigenvalue weighted by Gasteiger charge is 2.25. The fraction of sp³-hybridized carbons (Fsp3) is 0.385. The summed E-state index contributed by atoms with van der Waals surface area (Å²) in [7, 11) is 0. The molecule has 100 valence electrons. The molecular weight excluding hydrogens is 284 g/mol. The van der Waals surface area contributed by atoms with Gasteiger partial charge in [-0.15, -0.1) is 23.4 Å². The first-order chi connectivity index (χ1) is 9.36. The lowest BCUT2D eigenvalue weighted by molar-refractivity contribution is 0.205. The van der Waals surface area contributed by atoms with Crippen molar-refractivity contribution in [3.8, 4) is 5.75 Å². The Hall–Kier alpha value is -1.20. The van der Waals surface area contributed by atoms with E-state index in [4.69, 9.17) is 20.9 Å². The normalized spacial score (nSPS) is 17.8. The van der Waals surface area contributed by atoms with Gasteiger partial charge in [0.25, 0.3) is 0 Å². The van der Waals surface area contributed by atoms with Crippen molar-refractivity contribution in [2.24, 2.45) is 0 Å². The molecule has 2 aromatic rings. The summed E-state index contributed by atoms with van der Waals surface area (Å²) < 4.78 is 11.1. The highest BCUT2D eigenvalue weighted by molar-refractivity contribution is 7.99. The largest absolute Gasteiger partial charge is 0.480 e. The van der Waals surface area contributed by atoms with Crippen LogP contribution in [0.2, 0.25) is 0 Å². The zero-order chi connectivity index (χ0) is 13.1. The van der Waals surface area contributed by atoms with E-state index in [-0.39, 0.29) is 6.10 Å². The van der Waals surface area contributed by atoms with E-state index in [0.29, 0.717) is 24.0 Å². The number of ether oxygens (including phenoxy) is 1. The van der Waals surface area contributed by atoms with Crippen molar-refractivity contribution < 1.29 is 9.26 Å². The number of benzene rings is 1. The van der Waals surface area contributed by atoms with Crippen molar-refractivity contribution in [2.45, 2.75) is 23.8 Å². The van der Waals surface area contributed by atoms with E-state index >= 15 is 0 Å². The first-order valence-corrected chi connectivity index (χ1v) is 7.66. The van der Waals surface area contributed by atoms with Gasteiger partial charge in [0.1, 0.15) is 5.75 Å². The van der Waals surface area contributed by atoms with Crippen molar-refractivity contribution in [3.63, 3.8) is 0 Å². The Balaban J connectivity index is 1.72. The number of rotatable bonds is 4. The lowest BCUT2D eigenvalue weighted by Crippen LogP contribution is -2.16. The number of fused-ring (bicyclic) bond motifs is 1. The average molecular weight is 297 g/mol. The molecule has 0 aliphatic carbocycles. The van der Waals surface area contributed by atoms with E-state index < -0.39 is 0 Å². The Morgan fingerprint density at radius 3 is 3.16 bits per heavy atom. The fourth-order valence-electron chi connectivity index (χ4n) is 1.87. The first kappa shape index (κ1) is 12.8. The summed E-state index contributed by atoms with van der Waals surface area (Å²) in [6, 6.07) is 7.99. The van der Waals surface area contributed by atoms with Gasteiger partial charge in [0.05, 0.1) is 0 Å². The van der Waals surface area contributed by atoms with Gasteiger partial charge >= 0.3 is 0 Å². The molecule has 1 aromatic carbocycles. The number of alkyl halides is 1. The molecule has 0 radical (unpaired) electrons. The molecule has 2 heterocycles. The van der Waals surface area contributed by atoms with E-state index in [0.717, 1.165) is 22.8 Å². The van der Waals surface area contributed by atoms with E-state index in [1.54, 1.807) is 11.8 Å². The van der Waals surface area contributed by atoms with Crippen LogP contribution in [0.3, 0.4) is 0 Å². The highest BCUT2D eigenvalue weighted by Crippen LogP contribution is 2.39. The lowest BCUT2D eigenvalue weighted by Gasteiger charge is -2.22. The van der Waals surface area contributed by atoms with Gasteiger partial charge in [-0.1, -0.05) is 17.3 Å². The first-order valence-electron chi connectivity index (χ1n) is 6.14. The molecule has 0 saturated heterocycles. The Labute approximate surface area is 120 Å². The Bertz CT molecular complexity index is 561. The summed E-state index contributed by atoms with van der Waals surface area (Å²) in [6.45, 7) is 0. The second-order valence-corrected chi connectivity index (χ2v) is 5.64. The predicted octanol–water partition coefficient (Wildman–Crippen LogP) is 3.47. The minimum absolute atomic E-state index is 0.145. The van der Waals surface area contributed by atoms with Crippen molar-refractivity contribution in [1.29, 1.82) is 0 Å². The molecule has 0 N–H and O–H groups in total. The smallest absolute Gasteiger partial charge is 0.226 e. The third kappa shape index (κ3) is 2.87. The van der Waals surface area contributed by atoms with Crippen molar-refractivity contribution in [1.82, 2.24) is 10.1 Å². The number of thioether (sulfide) groups is 1. The van der Waals surface area contributed by atoms with Gasteiger partial charge in [0.2, 0.25) is 11.7 Å². The summed E-state index contributed by atoms with van der Waals surface area (Å²) >= 11 is 7.40. The zero-order valence-electron chi connectivity index (χ0n) is 10.2. The quantitative estimate of drug-likeness (QED) is 0.809. The topological polar surface area (TPSA) is 48.2 Å². The SMILES string of the molecule is ClCCCc1nc(C2CSc3ccccc3O2)no1. The summed E-state index contributed by atoms with van der Waals surface area (Å²) in [5, 5.41) is 4.00. The number of halogens is 1. The van der Waals surface area contributed by atoms with Gasteiger partial charge in [-0.2, -0.15) is 4.98 Å². The Morgan fingerprint density at radius 2 is 2.26 bits per heavy atom. The number of para-hydroxylation sites is 1. The molecule has 0 fully saturated rings. The monoisotopic (exact) mass is 296 g/mol. The minimum Gasteiger partial charge on any atom is -0.480 e. The van der Waals surface area contributed by atoms with Gasteiger partial charge in [-0.05, 0) is 18.6 Å². The average Bonchev–Trinajstić information content (AvgIpc) is 2.93. The van der Waals surface area contributed by atoms with Crippen molar-refractivity contribution >= 4 is 23.4 Å². The van der Waals surface area contributed by atoms with Crippen molar-refractivity contribution in [3.05, 3.63) is 36.0 Å². The number of aromatic nitrogens is 2. The maximum absolute atomic E-state index is 5.90.